The van der Waals surface area contributed by atoms with Gasteiger partial charge in [0.2, 0.25) is 0 Å². The van der Waals surface area contributed by atoms with E-state index < -0.39 is 11.9 Å². The molecule has 1 aromatic carbocycles. The summed E-state index contributed by atoms with van der Waals surface area (Å²) < 4.78 is 0.651. The van der Waals surface area contributed by atoms with Gasteiger partial charge < -0.3 is 10.4 Å². The summed E-state index contributed by atoms with van der Waals surface area (Å²) in [6.07, 6.45) is 1.27. The quantitative estimate of drug-likeness (QED) is 0.884. The van der Waals surface area contributed by atoms with Crippen molar-refractivity contribution in [3.63, 3.8) is 0 Å². The molecule has 0 radical (unpaired) electrons. The van der Waals surface area contributed by atoms with Crippen molar-refractivity contribution in [2.24, 2.45) is 0 Å². The van der Waals surface area contributed by atoms with Gasteiger partial charge in [-0.05, 0) is 46.3 Å². The fourth-order valence-corrected chi connectivity index (χ4v) is 1.96. The highest BCUT2D eigenvalue weighted by atomic mass is 79.9. The first-order valence-electron chi connectivity index (χ1n) is 5.43. The number of halogens is 2. The molecule has 0 saturated heterocycles. The fourth-order valence-electron chi connectivity index (χ4n) is 1.47. The molecule has 0 spiro atoms. The SMILES string of the molecule is O=C(Nc1ccc(Cl)c(Br)c1)c1ccnc(C(=O)O)c1. The van der Waals surface area contributed by atoms with E-state index in [0.717, 1.165) is 0 Å². The number of carbonyl (C=O) groups excluding carboxylic acids is 1. The molecular formula is C13H8BrClN2O3. The average Bonchev–Trinajstić information content (AvgIpc) is 2.43. The molecule has 0 aliphatic rings. The van der Waals surface area contributed by atoms with Crippen molar-refractivity contribution in [3.05, 3.63) is 57.3 Å². The van der Waals surface area contributed by atoms with Crippen LogP contribution in [-0.4, -0.2) is 22.0 Å². The van der Waals surface area contributed by atoms with E-state index in [1.54, 1.807) is 18.2 Å². The first-order chi connectivity index (χ1) is 9.47. The predicted molar refractivity (Wildman–Crippen MR) is 78.3 cm³/mol. The lowest BCUT2D eigenvalue weighted by molar-refractivity contribution is 0.0690. The van der Waals surface area contributed by atoms with Gasteiger partial charge in [0.1, 0.15) is 5.69 Å². The number of hydrogen-bond donors (Lipinski definition) is 2. The number of pyridine rings is 1. The monoisotopic (exact) mass is 354 g/mol. The molecular weight excluding hydrogens is 348 g/mol. The molecule has 1 aromatic heterocycles. The van der Waals surface area contributed by atoms with Crippen LogP contribution in [0.2, 0.25) is 5.02 Å². The molecule has 102 valence electrons. The Kier molecular flexibility index (Phi) is 4.36. The van der Waals surface area contributed by atoms with Crippen molar-refractivity contribution in [1.82, 2.24) is 4.98 Å². The third-order valence-electron chi connectivity index (χ3n) is 2.42. The molecule has 0 unspecified atom stereocenters. The van der Waals surface area contributed by atoms with E-state index in [9.17, 15) is 9.59 Å². The lowest BCUT2D eigenvalue weighted by Crippen LogP contribution is -2.13. The highest BCUT2D eigenvalue weighted by Crippen LogP contribution is 2.25. The van der Waals surface area contributed by atoms with Crippen molar-refractivity contribution in [2.45, 2.75) is 0 Å². The number of carboxylic acids is 1. The summed E-state index contributed by atoms with van der Waals surface area (Å²) in [5, 5.41) is 12.0. The van der Waals surface area contributed by atoms with Crippen LogP contribution in [0.15, 0.2) is 41.0 Å². The van der Waals surface area contributed by atoms with E-state index in [1.807, 2.05) is 0 Å². The first kappa shape index (κ1) is 14.5. The summed E-state index contributed by atoms with van der Waals surface area (Å²) in [5.74, 6) is -1.61. The van der Waals surface area contributed by atoms with Gasteiger partial charge in [0, 0.05) is 21.9 Å². The Balaban J connectivity index is 2.21. The Morgan fingerprint density at radius 3 is 2.65 bits per heavy atom. The van der Waals surface area contributed by atoms with Crippen LogP contribution in [0, 0.1) is 0 Å². The first-order valence-corrected chi connectivity index (χ1v) is 6.60. The Labute approximate surface area is 127 Å². The number of carboxylic acid groups (broad SMARTS) is 1. The van der Waals surface area contributed by atoms with Crippen LogP contribution in [0.1, 0.15) is 20.8 Å². The number of rotatable bonds is 3. The van der Waals surface area contributed by atoms with Crippen LogP contribution in [-0.2, 0) is 0 Å². The number of amides is 1. The number of hydrogen-bond acceptors (Lipinski definition) is 3. The smallest absolute Gasteiger partial charge is 0.354 e. The van der Waals surface area contributed by atoms with Gasteiger partial charge in [-0.1, -0.05) is 11.6 Å². The highest BCUT2D eigenvalue weighted by Gasteiger charge is 2.11. The van der Waals surface area contributed by atoms with Crippen molar-refractivity contribution < 1.29 is 14.7 Å². The van der Waals surface area contributed by atoms with Crippen molar-refractivity contribution in [3.8, 4) is 0 Å². The summed E-state index contributed by atoms with van der Waals surface area (Å²) in [4.78, 5) is 26.5. The number of nitrogens with zero attached hydrogens (tertiary/aromatic N) is 1. The van der Waals surface area contributed by atoms with Crippen LogP contribution >= 0.6 is 27.5 Å². The van der Waals surface area contributed by atoms with E-state index in [4.69, 9.17) is 16.7 Å². The molecule has 2 rings (SSSR count). The maximum absolute atomic E-state index is 12.0. The number of benzene rings is 1. The second kappa shape index (κ2) is 6.02. The van der Waals surface area contributed by atoms with Crippen LogP contribution in [0.3, 0.4) is 0 Å². The predicted octanol–water partition coefficient (Wildman–Crippen LogP) is 3.45. The molecule has 1 heterocycles. The third kappa shape index (κ3) is 3.34. The van der Waals surface area contributed by atoms with Gasteiger partial charge in [0.15, 0.2) is 0 Å². The molecule has 0 saturated carbocycles. The minimum atomic E-state index is -1.19. The number of carbonyl (C=O) groups is 2. The largest absolute Gasteiger partial charge is 0.477 e. The van der Waals surface area contributed by atoms with Gasteiger partial charge >= 0.3 is 5.97 Å². The normalized spacial score (nSPS) is 10.1. The third-order valence-corrected chi connectivity index (χ3v) is 3.63. The van der Waals surface area contributed by atoms with Crippen LogP contribution in [0.4, 0.5) is 5.69 Å². The van der Waals surface area contributed by atoms with Gasteiger partial charge in [0.05, 0.1) is 5.02 Å². The zero-order valence-corrected chi connectivity index (χ0v) is 12.3. The molecule has 0 fully saturated rings. The molecule has 7 heteroatoms. The molecule has 20 heavy (non-hydrogen) atoms. The van der Waals surface area contributed by atoms with Crippen LogP contribution in [0.5, 0.6) is 0 Å². The average molecular weight is 356 g/mol. The summed E-state index contributed by atoms with van der Waals surface area (Å²) >= 11 is 9.11. The Hall–Kier alpha value is -1.92. The van der Waals surface area contributed by atoms with Crippen molar-refractivity contribution >= 4 is 45.1 Å². The molecule has 5 nitrogen and oxygen atoms in total. The topological polar surface area (TPSA) is 79.3 Å². The van der Waals surface area contributed by atoms with Crippen molar-refractivity contribution in [2.75, 3.05) is 5.32 Å². The van der Waals surface area contributed by atoms with Crippen LogP contribution in [0.25, 0.3) is 0 Å². The fraction of sp³-hybridized carbons (Fsp3) is 0. The molecule has 0 bridgehead atoms. The molecule has 0 aliphatic heterocycles. The minimum Gasteiger partial charge on any atom is -0.477 e. The summed E-state index contributed by atoms with van der Waals surface area (Å²) in [6, 6.07) is 7.58. The maximum atomic E-state index is 12.0. The van der Waals surface area contributed by atoms with Crippen LogP contribution < -0.4 is 5.32 Å². The van der Waals surface area contributed by atoms with Gasteiger partial charge in [-0.3, -0.25) is 4.79 Å². The number of anilines is 1. The van der Waals surface area contributed by atoms with E-state index in [-0.39, 0.29) is 11.3 Å². The van der Waals surface area contributed by atoms with Crippen molar-refractivity contribution in [1.29, 1.82) is 0 Å². The minimum absolute atomic E-state index is 0.185. The standard InChI is InChI=1S/C13H8BrClN2O3/c14-9-6-8(1-2-10(9)15)17-12(18)7-3-4-16-11(5-7)13(19)20/h1-6H,(H,17,18)(H,19,20). The number of aromatic nitrogens is 1. The molecule has 0 atom stereocenters. The van der Waals surface area contributed by atoms with Gasteiger partial charge in [0.25, 0.3) is 5.91 Å². The maximum Gasteiger partial charge on any atom is 0.354 e. The number of aromatic carboxylic acids is 1. The summed E-state index contributed by atoms with van der Waals surface area (Å²) in [7, 11) is 0. The second-order valence-corrected chi connectivity index (χ2v) is 5.08. The summed E-state index contributed by atoms with van der Waals surface area (Å²) in [5.41, 5.74) is 0.568. The molecule has 2 aromatic rings. The molecule has 1 amide bonds. The number of nitrogens with one attached hydrogen (secondary N) is 1. The van der Waals surface area contributed by atoms with E-state index in [0.29, 0.717) is 15.2 Å². The van der Waals surface area contributed by atoms with Gasteiger partial charge in [-0.25, -0.2) is 9.78 Å². The molecule has 0 aliphatic carbocycles. The van der Waals surface area contributed by atoms with Gasteiger partial charge in [-0.2, -0.15) is 0 Å². The second-order valence-electron chi connectivity index (χ2n) is 3.82. The Morgan fingerprint density at radius 1 is 1.25 bits per heavy atom. The summed E-state index contributed by atoms with van der Waals surface area (Å²) in [6.45, 7) is 0. The van der Waals surface area contributed by atoms with E-state index in [2.05, 4.69) is 26.2 Å². The Morgan fingerprint density at radius 2 is 2.00 bits per heavy atom. The van der Waals surface area contributed by atoms with E-state index >= 15 is 0 Å². The lowest BCUT2D eigenvalue weighted by atomic mass is 10.2. The zero-order valence-electron chi connectivity index (χ0n) is 9.93. The zero-order chi connectivity index (χ0) is 14.7. The lowest BCUT2D eigenvalue weighted by Gasteiger charge is -2.06. The Bertz CT molecular complexity index is 691. The highest BCUT2D eigenvalue weighted by molar-refractivity contribution is 9.10. The molecule has 2 N–H and O–H groups in total. The van der Waals surface area contributed by atoms with E-state index in [1.165, 1.54) is 18.3 Å². The van der Waals surface area contributed by atoms with Gasteiger partial charge in [-0.15, -0.1) is 0 Å².